The summed E-state index contributed by atoms with van der Waals surface area (Å²) in [6.07, 6.45) is 0. The van der Waals surface area contributed by atoms with Gasteiger partial charge in [-0.1, -0.05) is 0 Å². The van der Waals surface area contributed by atoms with E-state index >= 15 is 0 Å². The predicted octanol–water partition coefficient (Wildman–Crippen LogP) is 0.924. The molecule has 1 aromatic rings. The molecule has 6 heteroatoms. The molecule has 1 amide bonds. The van der Waals surface area contributed by atoms with E-state index in [-0.39, 0.29) is 19.1 Å². The number of carbonyl (C=O) groups excluding carboxylic acids is 1. The van der Waals surface area contributed by atoms with Crippen LogP contribution in [0, 0.1) is 0 Å². The van der Waals surface area contributed by atoms with Crippen molar-refractivity contribution in [3.8, 4) is 11.5 Å². The van der Waals surface area contributed by atoms with E-state index < -0.39 is 0 Å². The van der Waals surface area contributed by atoms with Crippen LogP contribution in [-0.2, 0) is 4.79 Å². The molecule has 0 bridgehead atoms. The Hall–Kier alpha value is -2.05. The van der Waals surface area contributed by atoms with Gasteiger partial charge in [0.2, 0.25) is 0 Å². The van der Waals surface area contributed by atoms with Crippen LogP contribution < -0.4 is 20.1 Å². The van der Waals surface area contributed by atoms with Crippen LogP contribution in [0.2, 0.25) is 0 Å². The van der Waals surface area contributed by atoms with Gasteiger partial charge in [-0.05, 0) is 24.6 Å². The highest BCUT2D eigenvalue weighted by Gasteiger charge is 2.16. The predicted molar refractivity (Wildman–Crippen MR) is 79.8 cm³/mol. The summed E-state index contributed by atoms with van der Waals surface area (Å²) < 4.78 is 10.6. The standard InChI is InChI=1S/C15H20N2O4/c1-10(11-8-16-9-11)15(19)17-12-3-4-13(20-2)14(7-12)21-6-5-18/h3-4,7,16,18H,5-6,8-9H2,1-2H3,(H,17,19). The number of benzene rings is 1. The number of ether oxygens (including phenoxy) is 2. The molecule has 1 heterocycles. The van der Waals surface area contributed by atoms with Crippen molar-refractivity contribution in [1.29, 1.82) is 0 Å². The second kappa shape index (κ2) is 7.10. The number of methoxy groups -OCH3 is 1. The van der Waals surface area contributed by atoms with E-state index in [4.69, 9.17) is 14.6 Å². The lowest BCUT2D eigenvalue weighted by Gasteiger charge is -2.21. The van der Waals surface area contributed by atoms with Crippen molar-refractivity contribution >= 4 is 11.6 Å². The molecule has 1 fully saturated rings. The maximum Gasteiger partial charge on any atom is 0.251 e. The highest BCUT2D eigenvalue weighted by Crippen LogP contribution is 2.30. The molecule has 1 aliphatic rings. The first-order valence-corrected chi connectivity index (χ1v) is 6.78. The Morgan fingerprint density at radius 3 is 2.71 bits per heavy atom. The molecule has 6 nitrogen and oxygen atoms in total. The quantitative estimate of drug-likeness (QED) is 0.680. The van der Waals surface area contributed by atoms with E-state index in [1.807, 2.05) is 6.92 Å². The fraction of sp³-hybridized carbons (Fsp3) is 0.400. The van der Waals surface area contributed by atoms with Gasteiger partial charge in [-0.15, -0.1) is 0 Å². The number of rotatable bonds is 6. The molecule has 0 radical (unpaired) electrons. The number of carbonyl (C=O) groups is 1. The van der Waals surface area contributed by atoms with Crippen molar-refractivity contribution in [3.05, 3.63) is 29.3 Å². The van der Waals surface area contributed by atoms with E-state index in [2.05, 4.69) is 10.6 Å². The SMILES string of the molecule is COc1ccc(NC(=O)C(C)=C2CNC2)cc1OCCO. The molecule has 1 aromatic carbocycles. The number of nitrogens with one attached hydrogen (secondary N) is 2. The van der Waals surface area contributed by atoms with Gasteiger partial charge in [0.1, 0.15) is 6.61 Å². The zero-order valence-electron chi connectivity index (χ0n) is 12.2. The summed E-state index contributed by atoms with van der Waals surface area (Å²) >= 11 is 0. The van der Waals surface area contributed by atoms with Crippen LogP contribution in [-0.4, -0.2) is 44.4 Å². The van der Waals surface area contributed by atoms with Crippen LogP contribution in [0.25, 0.3) is 0 Å². The van der Waals surface area contributed by atoms with Crippen molar-refractivity contribution in [2.24, 2.45) is 0 Å². The summed E-state index contributed by atoms with van der Waals surface area (Å²) in [5.74, 6) is 0.921. The van der Waals surface area contributed by atoms with E-state index in [9.17, 15) is 4.79 Å². The molecular weight excluding hydrogens is 272 g/mol. The fourth-order valence-electron chi connectivity index (χ4n) is 1.92. The van der Waals surface area contributed by atoms with E-state index in [1.165, 1.54) is 7.11 Å². The number of hydrogen-bond acceptors (Lipinski definition) is 5. The first-order valence-electron chi connectivity index (χ1n) is 6.78. The molecule has 2 rings (SSSR count). The lowest BCUT2D eigenvalue weighted by Crippen LogP contribution is -2.36. The van der Waals surface area contributed by atoms with Gasteiger partial charge in [0, 0.05) is 30.4 Å². The molecule has 21 heavy (non-hydrogen) atoms. The van der Waals surface area contributed by atoms with Gasteiger partial charge in [-0.2, -0.15) is 0 Å². The topological polar surface area (TPSA) is 79.8 Å². The summed E-state index contributed by atoms with van der Waals surface area (Å²) in [5, 5.41) is 14.8. The van der Waals surface area contributed by atoms with Crippen LogP contribution in [0.1, 0.15) is 6.92 Å². The second-order valence-electron chi connectivity index (χ2n) is 4.72. The van der Waals surface area contributed by atoms with Crippen molar-refractivity contribution < 1.29 is 19.4 Å². The highest BCUT2D eigenvalue weighted by atomic mass is 16.5. The molecule has 1 aliphatic heterocycles. The Kier molecular flexibility index (Phi) is 5.19. The van der Waals surface area contributed by atoms with Crippen LogP contribution in [0.4, 0.5) is 5.69 Å². The van der Waals surface area contributed by atoms with Crippen LogP contribution in [0.5, 0.6) is 11.5 Å². The van der Waals surface area contributed by atoms with Crippen molar-refractivity contribution in [2.75, 3.05) is 38.7 Å². The average Bonchev–Trinajstić information content (AvgIpc) is 2.43. The Balaban J connectivity index is 2.11. The van der Waals surface area contributed by atoms with Gasteiger partial charge in [0.25, 0.3) is 5.91 Å². The largest absolute Gasteiger partial charge is 0.493 e. The summed E-state index contributed by atoms with van der Waals surface area (Å²) in [5.41, 5.74) is 2.49. The van der Waals surface area contributed by atoms with E-state index in [0.717, 1.165) is 24.2 Å². The lowest BCUT2D eigenvalue weighted by atomic mass is 10.0. The zero-order valence-corrected chi connectivity index (χ0v) is 12.2. The monoisotopic (exact) mass is 292 g/mol. The summed E-state index contributed by atoms with van der Waals surface area (Å²) in [6, 6.07) is 5.15. The normalized spacial score (nSPS) is 13.4. The molecular formula is C15H20N2O4. The maximum atomic E-state index is 12.1. The molecule has 0 aromatic heterocycles. The number of aliphatic hydroxyl groups is 1. The Morgan fingerprint density at radius 2 is 2.14 bits per heavy atom. The molecule has 3 N–H and O–H groups in total. The van der Waals surface area contributed by atoms with Gasteiger partial charge in [-0.3, -0.25) is 4.79 Å². The van der Waals surface area contributed by atoms with Crippen LogP contribution in [0.3, 0.4) is 0 Å². The third-order valence-electron chi connectivity index (χ3n) is 3.32. The first-order chi connectivity index (χ1) is 10.2. The minimum absolute atomic E-state index is 0.0854. The van der Waals surface area contributed by atoms with Crippen LogP contribution >= 0.6 is 0 Å². The highest BCUT2D eigenvalue weighted by molar-refractivity contribution is 6.04. The Labute approximate surface area is 123 Å². The molecule has 114 valence electrons. The molecule has 0 saturated carbocycles. The van der Waals surface area contributed by atoms with Gasteiger partial charge >= 0.3 is 0 Å². The smallest absolute Gasteiger partial charge is 0.251 e. The number of hydrogen-bond donors (Lipinski definition) is 3. The second-order valence-corrected chi connectivity index (χ2v) is 4.72. The van der Waals surface area contributed by atoms with Gasteiger partial charge < -0.3 is 25.2 Å². The summed E-state index contributed by atoms with van der Waals surface area (Å²) in [4.78, 5) is 12.1. The third kappa shape index (κ3) is 3.74. The van der Waals surface area contributed by atoms with Crippen molar-refractivity contribution in [3.63, 3.8) is 0 Å². The maximum absolute atomic E-state index is 12.1. The zero-order chi connectivity index (χ0) is 15.2. The molecule has 0 spiro atoms. The third-order valence-corrected chi connectivity index (χ3v) is 3.32. The summed E-state index contributed by atoms with van der Waals surface area (Å²) in [6.45, 7) is 3.44. The van der Waals surface area contributed by atoms with Crippen LogP contribution in [0.15, 0.2) is 29.3 Å². The number of aliphatic hydroxyl groups excluding tert-OH is 1. The molecule has 1 saturated heterocycles. The number of amides is 1. The van der Waals surface area contributed by atoms with Gasteiger partial charge in [0.05, 0.1) is 13.7 Å². The van der Waals surface area contributed by atoms with Gasteiger partial charge in [-0.25, -0.2) is 0 Å². The minimum Gasteiger partial charge on any atom is -0.493 e. The summed E-state index contributed by atoms with van der Waals surface area (Å²) in [7, 11) is 1.54. The average molecular weight is 292 g/mol. The number of anilines is 1. The van der Waals surface area contributed by atoms with E-state index in [1.54, 1.807) is 18.2 Å². The van der Waals surface area contributed by atoms with Gasteiger partial charge in [0.15, 0.2) is 11.5 Å². The first kappa shape index (κ1) is 15.3. The molecule has 0 unspecified atom stereocenters. The van der Waals surface area contributed by atoms with Crippen molar-refractivity contribution in [2.45, 2.75) is 6.92 Å². The van der Waals surface area contributed by atoms with Crippen molar-refractivity contribution in [1.82, 2.24) is 5.32 Å². The Bertz CT molecular complexity index is 549. The van der Waals surface area contributed by atoms with E-state index in [0.29, 0.717) is 17.2 Å². The lowest BCUT2D eigenvalue weighted by molar-refractivity contribution is -0.112. The molecule has 0 atom stereocenters. The minimum atomic E-state index is -0.121. The fourth-order valence-corrected chi connectivity index (χ4v) is 1.92. The molecule has 0 aliphatic carbocycles. The Morgan fingerprint density at radius 1 is 1.38 bits per heavy atom.